The molecule has 0 aliphatic heterocycles. The van der Waals surface area contributed by atoms with E-state index in [0.29, 0.717) is 0 Å². The number of hydrogen-bond acceptors (Lipinski definition) is 6. The van der Waals surface area contributed by atoms with Crippen molar-refractivity contribution in [2.24, 2.45) is 0 Å². The van der Waals surface area contributed by atoms with Crippen LogP contribution in [0, 0.1) is 13.8 Å². The number of pyridine rings is 1. The highest BCUT2D eigenvalue weighted by molar-refractivity contribution is 14.1. The molecule has 7 nitrogen and oxygen atoms in total. The van der Waals surface area contributed by atoms with Gasteiger partial charge in [0.05, 0.1) is 13.5 Å². The van der Waals surface area contributed by atoms with Gasteiger partial charge in [-0.3, -0.25) is 4.79 Å². The van der Waals surface area contributed by atoms with Crippen molar-refractivity contribution in [2.75, 3.05) is 7.11 Å². The number of carbonyl (C=O) groups excluding carboxylic acids is 1. The topological polar surface area (TPSA) is 91.6 Å². The van der Waals surface area contributed by atoms with Crippen LogP contribution < -0.4 is 4.74 Å². The molecule has 0 amide bonds. The second kappa shape index (κ2) is 6.19. The number of nitro groups is 1. The fourth-order valence-corrected chi connectivity index (χ4v) is 1.92. The minimum Gasteiger partial charge on any atom is -0.469 e. The number of aromatic nitrogens is 1. The molecular weight excluding hydrogens is 400 g/mol. The minimum atomic E-state index is -5.01. The van der Waals surface area contributed by atoms with Crippen LogP contribution in [0.4, 0.5) is 19.0 Å². The summed E-state index contributed by atoms with van der Waals surface area (Å²) < 4.78 is 44.5. The first kappa shape index (κ1) is 16.4. The third kappa shape index (κ3) is 4.47. The van der Waals surface area contributed by atoms with Crippen LogP contribution in [0.1, 0.15) is 5.56 Å². The van der Waals surface area contributed by atoms with E-state index in [0.717, 1.165) is 13.2 Å². The van der Waals surface area contributed by atoms with Crippen molar-refractivity contribution >= 4 is 34.4 Å². The molecule has 1 rings (SSSR count). The van der Waals surface area contributed by atoms with Crippen LogP contribution in [0.2, 0.25) is 0 Å². The maximum Gasteiger partial charge on any atom is 0.573 e. The van der Waals surface area contributed by atoms with E-state index in [-0.39, 0.29) is 9.26 Å². The third-order valence-corrected chi connectivity index (χ3v) is 2.69. The van der Waals surface area contributed by atoms with Gasteiger partial charge in [-0.15, -0.1) is 13.2 Å². The first-order valence-corrected chi connectivity index (χ1v) is 5.88. The average molecular weight is 406 g/mol. The van der Waals surface area contributed by atoms with Crippen LogP contribution in [0.25, 0.3) is 0 Å². The Morgan fingerprint density at radius 1 is 1.55 bits per heavy atom. The molecule has 20 heavy (non-hydrogen) atoms. The summed E-state index contributed by atoms with van der Waals surface area (Å²) >= 11 is 1.35. The fourth-order valence-electron chi connectivity index (χ4n) is 1.21. The molecule has 0 atom stereocenters. The van der Waals surface area contributed by atoms with Gasteiger partial charge in [-0.05, 0) is 9.91 Å². The second-order valence-corrected chi connectivity index (χ2v) is 4.34. The number of nitrogens with zero attached hydrogens (tertiary/aromatic N) is 2. The first-order valence-electron chi connectivity index (χ1n) is 4.80. The van der Waals surface area contributed by atoms with Crippen LogP contribution in [-0.4, -0.2) is 29.3 Å². The van der Waals surface area contributed by atoms with Crippen LogP contribution in [-0.2, 0) is 16.0 Å². The van der Waals surface area contributed by atoms with E-state index < -0.39 is 35.2 Å². The van der Waals surface area contributed by atoms with Gasteiger partial charge in [-0.2, -0.15) is 0 Å². The molecular formula is C9H6F3IN2O5. The van der Waals surface area contributed by atoms with Crippen LogP contribution in [0.15, 0.2) is 6.07 Å². The van der Waals surface area contributed by atoms with Gasteiger partial charge >= 0.3 is 18.1 Å². The molecule has 0 aliphatic rings. The van der Waals surface area contributed by atoms with Gasteiger partial charge in [0.1, 0.15) is 0 Å². The fraction of sp³-hybridized carbons (Fsp3) is 0.333. The lowest BCUT2D eigenvalue weighted by atomic mass is 10.2. The second-order valence-electron chi connectivity index (χ2n) is 3.32. The number of alkyl halides is 3. The Hall–Kier alpha value is -1.66. The first-order chi connectivity index (χ1) is 9.14. The Kier molecular flexibility index (Phi) is 5.08. The van der Waals surface area contributed by atoms with Crippen LogP contribution in [0.5, 0.6) is 5.75 Å². The van der Waals surface area contributed by atoms with Crippen LogP contribution >= 0.6 is 22.6 Å². The highest BCUT2D eigenvalue weighted by Gasteiger charge is 2.35. The van der Waals surface area contributed by atoms with Crippen molar-refractivity contribution in [1.82, 2.24) is 4.98 Å². The molecule has 0 N–H and O–H groups in total. The lowest BCUT2D eigenvalue weighted by Gasteiger charge is -2.12. The van der Waals surface area contributed by atoms with Crippen molar-refractivity contribution in [2.45, 2.75) is 12.8 Å². The van der Waals surface area contributed by atoms with E-state index >= 15 is 0 Å². The molecule has 11 heteroatoms. The highest BCUT2D eigenvalue weighted by Crippen LogP contribution is 2.32. The molecule has 0 saturated heterocycles. The number of hydrogen-bond donors (Lipinski definition) is 0. The summed E-state index contributed by atoms with van der Waals surface area (Å²) in [5.41, 5.74) is -0.333. The maximum atomic E-state index is 12.3. The monoisotopic (exact) mass is 406 g/mol. The predicted octanol–water partition coefficient (Wildman–Crippen LogP) is 2.21. The van der Waals surface area contributed by atoms with Crippen molar-refractivity contribution in [3.63, 3.8) is 0 Å². The Morgan fingerprint density at radius 2 is 2.15 bits per heavy atom. The van der Waals surface area contributed by atoms with E-state index in [9.17, 15) is 28.1 Å². The number of esters is 1. The Labute approximate surface area is 123 Å². The van der Waals surface area contributed by atoms with Gasteiger partial charge in [0, 0.05) is 34.2 Å². The summed E-state index contributed by atoms with van der Waals surface area (Å²) in [6.07, 6.45) is -5.62. The number of carbonyl (C=O) groups is 1. The van der Waals surface area contributed by atoms with Gasteiger partial charge in [-0.1, -0.05) is 0 Å². The molecule has 0 saturated carbocycles. The molecule has 0 bridgehead atoms. The lowest BCUT2D eigenvalue weighted by molar-refractivity contribution is -0.389. The Morgan fingerprint density at radius 3 is 2.60 bits per heavy atom. The molecule has 0 radical (unpaired) electrons. The standard InChI is InChI=1S/C9H6F3IN2O5/c1-19-6(16)3-4-2-5(15(17)18)14-8(13)7(4)20-9(10,11)12/h2H,3H2,1H3. The lowest BCUT2D eigenvalue weighted by Crippen LogP contribution is -2.20. The van der Waals surface area contributed by atoms with E-state index in [1.807, 2.05) is 0 Å². The van der Waals surface area contributed by atoms with E-state index in [1.165, 1.54) is 22.6 Å². The smallest absolute Gasteiger partial charge is 0.469 e. The Bertz CT molecular complexity index is 549. The summed E-state index contributed by atoms with van der Waals surface area (Å²) in [5, 5.41) is 10.6. The molecule has 1 aromatic rings. The zero-order valence-electron chi connectivity index (χ0n) is 9.73. The van der Waals surface area contributed by atoms with Crippen molar-refractivity contribution < 1.29 is 32.4 Å². The van der Waals surface area contributed by atoms with Gasteiger partial charge in [0.15, 0.2) is 5.75 Å². The third-order valence-electron chi connectivity index (χ3n) is 1.96. The quantitative estimate of drug-likeness (QED) is 0.250. The molecule has 1 aromatic heterocycles. The molecule has 1 heterocycles. The molecule has 0 fully saturated rings. The molecule has 0 aromatic carbocycles. The summed E-state index contributed by atoms with van der Waals surface area (Å²) in [6.45, 7) is 0. The van der Waals surface area contributed by atoms with Gasteiger partial charge in [0.2, 0.25) is 0 Å². The maximum absolute atomic E-state index is 12.3. The number of rotatable bonds is 4. The molecule has 0 aliphatic carbocycles. The summed E-state index contributed by atoms with van der Waals surface area (Å²) in [7, 11) is 1.03. The van der Waals surface area contributed by atoms with Crippen LogP contribution in [0.3, 0.4) is 0 Å². The molecule has 110 valence electrons. The van der Waals surface area contributed by atoms with E-state index in [4.69, 9.17) is 0 Å². The Balaban J connectivity index is 3.32. The average Bonchev–Trinajstić information content (AvgIpc) is 2.31. The zero-order chi connectivity index (χ0) is 15.5. The zero-order valence-corrected chi connectivity index (χ0v) is 11.9. The summed E-state index contributed by atoms with van der Waals surface area (Å²) in [4.78, 5) is 24.2. The molecule has 0 unspecified atom stereocenters. The number of methoxy groups -OCH3 is 1. The summed E-state index contributed by atoms with van der Waals surface area (Å²) in [5.74, 6) is -2.31. The van der Waals surface area contributed by atoms with Crippen molar-refractivity contribution in [3.8, 4) is 5.75 Å². The van der Waals surface area contributed by atoms with E-state index in [2.05, 4.69) is 14.5 Å². The minimum absolute atomic E-state index is 0.333. The van der Waals surface area contributed by atoms with Crippen molar-refractivity contribution in [1.29, 1.82) is 0 Å². The van der Waals surface area contributed by atoms with Gasteiger partial charge < -0.3 is 19.6 Å². The van der Waals surface area contributed by atoms with Gasteiger partial charge in [0.25, 0.3) is 3.70 Å². The SMILES string of the molecule is COC(=O)Cc1cc([N+](=O)[O-])nc(I)c1OC(F)(F)F. The highest BCUT2D eigenvalue weighted by atomic mass is 127. The largest absolute Gasteiger partial charge is 0.573 e. The van der Waals surface area contributed by atoms with Gasteiger partial charge in [-0.25, -0.2) is 0 Å². The van der Waals surface area contributed by atoms with E-state index in [1.54, 1.807) is 0 Å². The van der Waals surface area contributed by atoms with Crippen molar-refractivity contribution in [3.05, 3.63) is 25.4 Å². The molecule has 0 spiro atoms. The number of halogens is 4. The number of ether oxygens (including phenoxy) is 2. The predicted molar refractivity (Wildman–Crippen MR) is 66.0 cm³/mol. The summed E-state index contributed by atoms with van der Waals surface area (Å²) in [6, 6.07) is 0.736. The normalized spacial score (nSPS) is 11.1.